The van der Waals surface area contributed by atoms with Gasteiger partial charge in [0.25, 0.3) is 0 Å². The van der Waals surface area contributed by atoms with Gasteiger partial charge in [-0.1, -0.05) is 18.2 Å². The highest BCUT2D eigenvalue weighted by molar-refractivity contribution is 7.80. The highest BCUT2D eigenvalue weighted by Crippen LogP contribution is 2.31. The highest BCUT2D eigenvalue weighted by atomic mass is 32.1. The Bertz CT molecular complexity index is 737. The van der Waals surface area contributed by atoms with Crippen molar-refractivity contribution in [1.29, 1.82) is 0 Å². The van der Waals surface area contributed by atoms with Gasteiger partial charge in [0.05, 0.1) is 14.2 Å². The van der Waals surface area contributed by atoms with E-state index in [1.807, 2.05) is 30.1 Å². The molecule has 0 spiro atoms. The molecule has 0 aliphatic rings. The monoisotopic (exact) mass is 348 g/mol. The van der Waals surface area contributed by atoms with E-state index >= 15 is 0 Å². The Morgan fingerprint density at radius 3 is 2.58 bits per heavy atom. The maximum Gasteiger partial charge on any atom is 0.173 e. The van der Waals surface area contributed by atoms with Crippen molar-refractivity contribution in [3.63, 3.8) is 0 Å². The van der Waals surface area contributed by atoms with E-state index in [1.54, 1.807) is 33.3 Å². The number of nitrogens with one attached hydrogen (secondary N) is 1. The first-order valence-corrected chi connectivity index (χ1v) is 7.85. The Kier molecular flexibility index (Phi) is 5.98. The lowest BCUT2D eigenvalue weighted by atomic mass is 10.1. The second kappa shape index (κ2) is 7.97. The molecule has 0 heterocycles. The van der Waals surface area contributed by atoms with Gasteiger partial charge in [-0.05, 0) is 42.9 Å². The molecule has 0 unspecified atom stereocenters. The molecule has 0 radical (unpaired) electrons. The molecule has 0 aliphatic carbocycles. The zero-order chi connectivity index (χ0) is 17.7. The molecular formula is C18H21FN2O2S. The van der Waals surface area contributed by atoms with Gasteiger partial charge in [-0.2, -0.15) is 0 Å². The van der Waals surface area contributed by atoms with Crippen molar-refractivity contribution >= 4 is 23.0 Å². The second-order valence-corrected chi connectivity index (χ2v) is 5.79. The van der Waals surface area contributed by atoms with Crippen LogP contribution in [0.15, 0.2) is 36.4 Å². The third-order valence-electron chi connectivity index (χ3n) is 3.66. The normalized spacial score (nSPS) is 10.2. The number of halogens is 1. The Morgan fingerprint density at radius 2 is 1.96 bits per heavy atom. The molecule has 6 heteroatoms. The van der Waals surface area contributed by atoms with Gasteiger partial charge in [-0.15, -0.1) is 0 Å². The maximum atomic E-state index is 13.6. The minimum absolute atomic E-state index is 0.264. The van der Waals surface area contributed by atoms with E-state index in [-0.39, 0.29) is 5.82 Å². The number of methoxy groups -OCH3 is 2. The predicted octanol–water partition coefficient (Wildman–Crippen LogP) is 3.98. The van der Waals surface area contributed by atoms with Crippen LogP contribution in [0.4, 0.5) is 10.1 Å². The van der Waals surface area contributed by atoms with E-state index in [2.05, 4.69) is 5.32 Å². The minimum atomic E-state index is -0.264. The zero-order valence-electron chi connectivity index (χ0n) is 14.2. The summed E-state index contributed by atoms with van der Waals surface area (Å²) in [5.41, 5.74) is 2.16. The molecule has 2 aromatic rings. The lowest BCUT2D eigenvalue weighted by Crippen LogP contribution is -2.30. The lowest BCUT2D eigenvalue weighted by molar-refractivity contribution is 0.347. The summed E-state index contributed by atoms with van der Waals surface area (Å²) in [5.74, 6) is 1.08. The molecule has 128 valence electrons. The quantitative estimate of drug-likeness (QED) is 0.827. The largest absolute Gasteiger partial charge is 0.493 e. The van der Waals surface area contributed by atoms with E-state index in [1.165, 1.54) is 6.07 Å². The van der Waals surface area contributed by atoms with Crippen molar-refractivity contribution in [2.45, 2.75) is 13.5 Å². The lowest BCUT2D eigenvalue weighted by Gasteiger charge is -2.23. The van der Waals surface area contributed by atoms with E-state index in [4.69, 9.17) is 21.7 Å². The Hall–Kier alpha value is -2.34. The van der Waals surface area contributed by atoms with E-state index < -0.39 is 0 Å². The first-order valence-electron chi connectivity index (χ1n) is 7.44. The number of aryl methyl sites for hydroxylation is 1. The predicted molar refractivity (Wildman–Crippen MR) is 98.4 cm³/mol. The Labute approximate surface area is 147 Å². The molecule has 4 nitrogen and oxygen atoms in total. The molecule has 24 heavy (non-hydrogen) atoms. The van der Waals surface area contributed by atoms with Gasteiger partial charge in [0.2, 0.25) is 0 Å². The van der Waals surface area contributed by atoms with Gasteiger partial charge in [-0.25, -0.2) is 4.39 Å². The summed E-state index contributed by atoms with van der Waals surface area (Å²) < 4.78 is 24.4. The molecular weight excluding hydrogens is 327 g/mol. The van der Waals surface area contributed by atoms with Gasteiger partial charge in [0.1, 0.15) is 5.82 Å². The number of para-hydroxylation sites is 1. The van der Waals surface area contributed by atoms with Crippen LogP contribution in [-0.2, 0) is 6.54 Å². The van der Waals surface area contributed by atoms with Crippen molar-refractivity contribution in [2.24, 2.45) is 0 Å². The molecule has 0 fully saturated rings. The van der Waals surface area contributed by atoms with Crippen molar-refractivity contribution in [3.05, 3.63) is 53.3 Å². The molecule has 0 amide bonds. The van der Waals surface area contributed by atoms with Crippen LogP contribution in [0.25, 0.3) is 0 Å². The summed E-state index contributed by atoms with van der Waals surface area (Å²) in [6.45, 7) is 2.25. The molecule has 0 saturated carbocycles. The van der Waals surface area contributed by atoms with Crippen LogP contribution in [-0.4, -0.2) is 31.3 Å². The standard InChI is InChI=1S/C18H21FN2O2S/c1-12-8-9-14(10-15(12)19)20-18(24)21(2)11-13-6-5-7-16(22-3)17(13)23-4/h5-10H,11H2,1-4H3,(H,20,24). The molecule has 0 aliphatic heterocycles. The van der Waals surface area contributed by atoms with Gasteiger partial charge < -0.3 is 19.7 Å². The summed E-state index contributed by atoms with van der Waals surface area (Å²) in [6, 6.07) is 10.6. The number of thiocarbonyl (C=S) groups is 1. The molecule has 0 aromatic heterocycles. The third kappa shape index (κ3) is 4.14. The molecule has 0 atom stereocenters. The maximum absolute atomic E-state index is 13.6. The highest BCUT2D eigenvalue weighted by Gasteiger charge is 2.13. The van der Waals surface area contributed by atoms with Crippen LogP contribution in [0.1, 0.15) is 11.1 Å². The van der Waals surface area contributed by atoms with Crippen molar-refractivity contribution in [2.75, 3.05) is 26.6 Å². The first kappa shape index (κ1) is 18.0. The zero-order valence-corrected chi connectivity index (χ0v) is 15.0. The van der Waals surface area contributed by atoms with Crippen LogP contribution in [0, 0.1) is 12.7 Å². The minimum Gasteiger partial charge on any atom is -0.493 e. The van der Waals surface area contributed by atoms with Crippen LogP contribution in [0.3, 0.4) is 0 Å². The fourth-order valence-electron chi connectivity index (χ4n) is 2.30. The number of ether oxygens (including phenoxy) is 2. The second-order valence-electron chi connectivity index (χ2n) is 5.40. The summed E-state index contributed by atoms with van der Waals surface area (Å²) in [5, 5.41) is 3.53. The summed E-state index contributed by atoms with van der Waals surface area (Å²) in [4.78, 5) is 1.85. The van der Waals surface area contributed by atoms with Gasteiger partial charge >= 0.3 is 0 Å². The van der Waals surface area contributed by atoms with Gasteiger partial charge in [-0.3, -0.25) is 0 Å². The number of hydrogen-bond acceptors (Lipinski definition) is 3. The summed E-state index contributed by atoms with van der Waals surface area (Å²) in [7, 11) is 5.06. The van der Waals surface area contributed by atoms with Crippen LogP contribution in [0.5, 0.6) is 11.5 Å². The Morgan fingerprint density at radius 1 is 1.21 bits per heavy atom. The smallest absolute Gasteiger partial charge is 0.173 e. The molecule has 1 N–H and O–H groups in total. The van der Waals surface area contributed by atoms with Crippen LogP contribution in [0.2, 0.25) is 0 Å². The average molecular weight is 348 g/mol. The number of anilines is 1. The number of rotatable bonds is 5. The SMILES string of the molecule is COc1cccc(CN(C)C(=S)Nc2ccc(C)c(F)c2)c1OC. The van der Waals surface area contributed by atoms with E-state index in [0.717, 1.165) is 5.56 Å². The van der Waals surface area contributed by atoms with Gasteiger partial charge in [0.15, 0.2) is 16.6 Å². The molecule has 2 rings (SSSR count). The molecule has 0 saturated heterocycles. The van der Waals surface area contributed by atoms with Crippen molar-refractivity contribution in [3.8, 4) is 11.5 Å². The topological polar surface area (TPSA) is 33.7 Å². The summed E-state index contributed by atoms with van der Waals surface area (Å²) >= 11 is 5.40. The van der Waals surface area contributed by atoms with Crippen molar-refractivity contribution in [1.82, 2.24) is 4.90 Å². The number of benzene rings is 2. The van der Waals surface area contributed by atoms with Crippen molar-refractivity contribution < 1.29 is 13.9 Å². The fraction of sp³-hybridized carbons (Fsp3) is 0.278. The van der Waals surface area contributed by atoms with Crippen LogP contribution < -0.4 is 14.8 Å². The van der Waals surface area contributed by atoms with Gasteiger partial charge in [0, 0.05) is 24.8 Å². The van der Waals surface area contributed by atoms with E-state index in [0.29, 0.717) is 34.4 Å². The number of hydrogen-bond donors (Lipinski definition) is 1. The summed E-state index contributed by atoms with van der Waals surface area (Å²) in [6.07, 6.45) is 0. The number of nitrogens with zero attached hydrogens (tertiary/aromatic N) is 1. The van der Waals surface area contributed by atoms with Crippen LogP contribution >= 0.6 is 12.2 Å². The fourth-order valence-corrected chi connectivity index (χ4v) is 2.48. The third-order valence-corrected chi connectivity index (χ3v) is 4.08. The first-order chi connectivity index (χ1) is 11.5. The molecule has 2 aromatic carbocycles. The molecule has 0 bridgehead atoms. The van der Waals surface area contributed by atoms with E-state index in [9.17, 15) is 4.39 Å². The average Bonchev–Trinajstić information content (AvgIpc) is 2.57. The Balaban J connectivity index is 2.10.